The van der Waals surface area contributed by atoms with Crippen LogP contribution in [0.25, 0.3) is 126 Å². The molecule has 0 N–H and O–H groups in total. The summed E-state index contributed by atoms with van der Waals surface area (Å²) in [5.74, 6) is 1.86. The lowest BCUT2D eigenvalue weighted by Crippen LogP contribution is -2.02. The number of hydrogen-bond acceptors (Lipinski definition) is 4. The van der Waals surface area contributed by atoms with E-state index >= 15 is 0 Å². The second-order valence-corrected chi connectivity index (χ2v) is 17.4. The number of hydrogen-bond donors (Lipinski definition) is 0. The van der Waals surface area contributed by atoms with Crippen molar-refractivity contribution in [3.05, 3.63) is 218 Å². The zero-order chi connectivity index (χ0) is 42.1. The molecule has 3 heterocycles. The monoisotopic (exact) mass is 832 g/mol. The van der Waals surface area contributed by atoms with Crippen LogP contribution in [0.5, 0.6) is 0 Å². The maximum Gasteiger partial charge on any atom is 0.164 e. The van der Waals surface area contributed by atoms with Gasteiger partial charge in [0.25, 0.3) is 0 Å². The summed E-state index contributed by atoms with van der Waals surface area (Å²) in [7, 11) is 0. The van der Waals surface area contributed by atoms with Crippen LogP contribution in [0.3, 0.4) is 0 Å². The Balaban J connectivity index is 1.03. The molecule has 0 unspecified atom stereocenters. The third kappa shape index (κ3) is 5.86. The van der Waals surface area contributed by atoms with E-state index in [0.717, 1.165) is 44.6 Å². The van der Waals surface area contributed by atoms with E-state index in [9.17, 15) is 0 Å². The van der Waals surface area contributed by atoms with Crippen LogP contribution in [0.4, 0.5) is 0 Å². The predicted octanol–water partition coefficient (Wildman–Crippen LogP) is 16.0. The molecule has 0 saturated carbocycles. The van der Waals surface area contributed by atoms with Crippen LogP contribution in [-0.2, 0) is 0 Å². The van der Waals surface area contributed by atoms with E-state index in [1.54, 1.807) is 0 Å². The highest BCUT2D eigenvalue weighted by atomic mass is 32.1. The Morgan fingerprint density at radius 2 is 0.891 bits per heavy atom. The fourth-order valence-corrected chi connectivity index (χ4v) is 10.9. The normalized spacial score (nSPS) is 11.8. The van der Waals surface area contributed by atoms with Crippen molar-refractivity contribution in [2.75, 3.05) is 0 Å². The molecule has 0 amide bonds. The number of nitrogens with zero attached hydrogens (tertiary/aromatic N) is 4. The maximum atomic E-state index is 5.29. The Hall–Kier alpha value is -8.25. The van der Waals surface area contributed by atoms with Crippen LogP contribution in [0.15, 0.2) is 218 Å². The van der Waals surface area contributed by atoms with Crippen molar-refractivity contribution < 1.29 is 0 Å². The average molecular weight is 833 g/mol. The number of thiophene rings is 1. The molecule has 0 aliphatic carbocycles. The molecular weight excluding hydrogens is 797 g/mol. The minimum atomic E-state index is 0.611. The lowest BCUT2D eigenvalue weighted by molar-refractivity contribution is 1.07. The average Bonchev–Trinajstić information content (AvgIpc) is 3.93. The van der Waals surface area contributed by atoms with Crippen molar-refractivity contribution in [3.8, 4) is 62.1 Å². The fourth-order valence-electron chi connectivity index (χ4n) is 9.64. The molecule has 0 bridgehead atoms. The molecule has 13 rings (SSSR count). The third-order valence-electron chi connectivity index (χ3n) is 12.6. The van der Waals surface area contributed by atoms with Gasteiger partial charge in [-0.2, -0.15) is 0 Å². The molecule has 10 aromatic carbocycles. The van der Waals surface area contributed by atoms with E-state index in [1.807, 2.05) is 29.5 Å². The predicted molar refractivity (Wildman–Crippen MR) is 269 cm³/mol. The van der Waals surface area contributed by atoms with E-state index in [1.165, 1.54) is 63.6 Å². The SMILES string of the molecule is c1ccc(-c2nc(-c3ccc(-c4cccc5c4sc4ccccc45)cc3)nc(-c3ccc(-c4ccccc4)c(-n4c5ccc6ccccc6c5c5ccc6ccccc6c54)c3)n2)cc1. The van der Waals surface area contributed by atoms with Crippen LogP contribution in [0.1, 0.15) is 0 Å². The summed E-state index contributed by atoms with van der Waals surface area (Å²) < 4.78 is 5.07. The van der Waals surface area contributed by atoms with Gasteiger partial charge in [0.2, 0.25) is 0 Å². The Kier molecular flexibility index (Phi) is 8.36. The van der Waals surface area contributed by atoms with Gasteiger partial charge in [0.1, 0.15) is 0 Å². The molecule has 0 spiro atoms. The van der Waals surface area contributed by atoms with Gasteiger partial charge in [-0.25, -0.2) is 15.0 Å². The molecule has 0 fully saturated rings. The summed E-state index contributed by atoms with van der Waals surface area (Å²) in [6.45, 7) is 0. The molecule has 64 heavy (non-hydrogen) atoms. The van der Waals surface area contributed by atoms with Gasteiger partial charge in [-0.15, -0.1) is 11.3 Å². The van der Waals surface area contributed by atoms with Gasteiger partial charge in [0.15, 0.2) is 17.5 Å². The Morgan fingerprint density at radius 3 is 1.66 bits per heavy atom. The van der Waals surface area contributed by atoms with E-state index in [0.29, 0.717) is 17.5 Å². The Labute approximate surface area is 373 Å². The van der Waals surface area contributed by atoms with Crippen LogP contribution < -0.4 is 0 Å². The summed E-state index contributed by atoms with van der Waals surface area (Å²) in [4.78, 5) is 15.7. The van der Waals surface area contributed by atoms with Crippen molar-refractivity contribution in [1.82, 2.24) is 19.5 Å². The number of rotatable bonds is 6. The second-order valence-electron chi connectivity index (χ2n) is 16.3. The van der Waals surface area contributed by atoms with Crippen molar-refractivity contribution in [2.24, 2.45) is 0 Å². The first-order chi connectivity index (χ1) is 31.7. The molecule has 0 aliphatic heterocycles. The molecule has 0 atom stereocenters. The Morgan fingerprint density at radius 1 is 0.344 bits per heavy atom. The summed E-state index contributed by atoms with van der Waals surface area (Å²) in [6.07, 6.45) is 0. The van der Waals surface area contributed by atoms with Crippen molar-refractivity contribution >= 4 is 74.9 Å². The van der Waals surface area contributed by atoms with Gasteiger partial charge in [-0.05, 0) is 51.0 Å². The summed E-state index contributed by atoms with van der Waals surface area (Å²) >= 11 is 1.85. The molecule has 0 saturated heterocycles. The van der Waals surface area contributed by atoms with Crippen molar-refractivity contribution in [1.29, 1.82) is 0 Å². The van der Waals surface area contributed by atoms with E-state index in [2.05, 4.69) is 205 Å². The largest absolute Gasteiger partial charge is 0.308 e. The quantitative estimate of drug-likeness (QED) is 0.168. The number of fused-ring (bicyclic) bond motifs is 10. The van der Waals surface area contributed by atoms with Crippen LogP contribution in [-0.4, -0.2) is 19.5 Å². The van der Waals surface area contributed by atoms with Gasteiger partial charge in [-0.1, -0.05) is 200 Å². The number of benzene rings is 10. The molecule has 0 radical (unpaired) electrons. The smallest absolute Gasteiger partial charge is 0.164 e. The zero-order valence-electron chi connectivity index (χ0n) is 34.5. The molecule has 0 aliphatic rings. The second kappa shape index (κ2) is 14.7. The standard InChI is InChI=1S/C59H36N4S/c1-3-14-37(15-4-1)44-33-31-43(36-52(44)63-51-35-32-38-16-7-9-20-45(38)54(51)50-34-30-39-17-8-10-21-46(39)55(50)63)59-61-57(41-18-5-2-6-19-41)60-58(62-59)42-28-26-40(27-29-42)47-23-13-24-49-48-22-11-12-25-53(48)64-56(47)49/h1-36H. The highest BCUT2D eigenvalue weighted by Gasteiger charge is 2.22. The summed E-state index contributed by atoms with van der Waals surface area (Å²) in [6, 6.07) is 78.1. The lowest BCUT2D eigenvalue weighted by Gasteiger charge is -2.17. The van der Waals surface area contributed by atoms with E-state index in [4.69, 9.17) is 15.0 Å². The van der Waals surface area contributed by atoms with Gasteiger partial charge in [0, 0.05) is 58.6 Å². The minimum absolute atomic E-state index is 0.611. The van der Waals surface area contributed by atoms with Gasteiger partial charge >= 0.3 is 0 Å². The highest BCUT2D eigenvalue weighted by molar-refractivity contribution is 7.26. The summed E-state index contributed by atoms with van der Waals surface area (Å²) in [5, 5.41) is 9.89. The van der Waals surface area contributed by atoms with E-state index < -0.39 is 0 Å². The van der Waals surface area contributed by atoms with E-state index in [-0.39, 0.29) is 0 Å². The molecule has 298 valence electrons. The molecule has 4 nitrogen and oxygen atoms in total. The van der Waals surface area contributed by atoms with Gasteiger partial charge < -0.3 is 4.57 Å². The number of aromatic nitrogens is 4. The van der Waals surface area contributed by atoms with Gasteiger partial charge in [0.05, 0.1) is 16.7 Å². The topological polar surface area (TPSA) is 43.6 Å². The Bertz CT molecular complexity index is 3940. The zero-order valence-corrected chi connectivity index (χ0v) is 35.3. The minimum Gasteiger partial charge on any atom is -0.308 e. The van der Waals surface area contributed by atoms with Crippen LogP contribution in [0, 0.1) is 0 Å². The molecule has 13 aromatic rings. The molecule has 5 heteroatoms. The summed E-state index contributed by atoms with van der Waals surface area (Å²) in [5.41, 5.74) is 10.8. The van der Waals surface area contributed by atoms with Crippen molar-refractivity contribution in [2.45, 2.75) is 0 Å². The van der Waals surface area contributed by atoms with Crippen molar-refractivity contribution in [3.63, 3.8) is 0 Å². The first-order valence-electron chi connectivity index (χ1n) is 21.6. The van der Waals surface area contributed by atoms with Crippen LogP contribution in [0.2, 0.25) is 0 Å². The third-order valence-corrected chi connectivity index (χ3v) is 13.9. The van der Waals surface area contributed by atoms with Crippen LogP contribution >= 0.6 is 11.3 Å². The maximum absolute atomic E-state index is 5.29. The first-order valence-corrected chi connectivity index (χ1v) is 22.4. The fraction of sp³-hybridized carbons (Fsp3) is 0. The highest BCUT2D eigenvalue weighted by Crippen LogP contribution is 2.44. The molecular formula is C59H36N4S. The lowest BCUT2D eigenvalue weighted by atomic mass is 10.00. The molecule has 3 aromatic heterocycles. The van der Waals surface area contributed by atoms with Gasteiger partial charge in [-0.3, -0.25) is 0 Å². The first kappa shape index (κ1) is 36.4.